The summed E-state index contributed by atoms with van der Waals surface area (Å²) in [5.41, 5.74) is -0.134. The first kappa shape index (κ1) is 27.9. The van der Waals surface area contributed by atoms with Crippen molar-refractivity contribution in [2.45, 2.75) is 90.9 Å². The van der Waals surface area contributed by atoms with Crippen molar-refractivity contribution in [2.24, 2.45) is 17.8 Å². The van der Waals surface area contributed by atoms with Crippen LogP contribution in [0.25, 0.3) is 0 Å². The highest BCUT2D eigenvalue weighted by Crippen LogP contribution is 2.34. The van der Waals surface area contributed by atoms with Crippen molar-refractivity contribution in [2.75, 3.05) is 13.7 Å². The third-order valence-corrected chi connectivity index (χ3v) is 6.77. The van der Waals surface area contributed by atoms with E-state index in [1.54, 1.807) is 0 Å². The minimum absolute atomic E-state index is 0.0860. The Morgan fingerprint density at radius 1 is 1.22 bits per heavy atom. The molecule has 0 aromatic carbocycles. The highest BCUT2D eigenvalue weighted by Gasteiger charge is 2.36. The van der Waals surface area contributed by atoms with E-state index in [0.717, 1.165) is 25.7 Å². The summed E-state index contributed by atoms with van der Waals surface area (Å²) in [5, 5.41) is 2.74. The Morgan fingerprint density at radius 3 is 2.61 bits per heavy atom. The van der Waals surface area contributed by atoms with Crippen LogP contribution in [0.4, 0.5) is 0 Å². The molecule has 9 nitrogen and oxygen atoms in total. The van der Waals surface area contributed by atoms with Gasteiger partial charge in [-0.1, -0.05) is 26.7 Å². The molecule has 1 aliphatic carbocycles. The Morgan fingerprint density at radius 2 is 1.97 bits per heavy atom. The average molecular weight is 505 g/mol. The number of nitrogens with zero attached hydrogens (tertiary/aromatic N) is 1. The molecular formula is C27H40N2O7. The molecule has 2 aliphatic rings. The summed E-state index contributed by atoms with van der Waals surface area (Å²) in [4.78, 5) is 41.9. The van der Waals surface area contributed by atoms with E-state index in [0.29, 0.717) is 24.9 Å². The van der Waals surface area contributed by atoms with Gasteiger partial charge < -0.3 is 24.3 Å². The van der Waals surface area contributed by atoms with E-state index in [9.17, 15) is 14.4 Å². The Bertz CT molecular complexity index is 915. The maximum Gasteiger partial charge on any atom is 0.329 e. The number of aromatic nitrogens is 1. The predicted molar refractivity (Wildman–Crippen MR) is 133 cm³/mol. The monoisotopic (exact) mass is 504 g/mol. The van der Waals surface area contributed by atoms with Gasteiger partial charge in [-0.15, -0.1) is 0 Å². The Balaban J connectivity index is 1.75. The summed E-state index contributed by atoms with van der Waals surface area (Å²) in [6, 6.07) is 0.635. The van der Waals surface area contributed by atoms with Gasteiger partial charge in [-0.05, 0) is 56.8 Å². The molecule has 2 heterocycles. The van der Waals surface area contributed by atoms with Gasteiger partial charge in [-0.25, -0.2) is 9.78 Å². The molecule has 36 heavy (non-hydrogen) atoms. The number of nitrogens with one attached hydrogen (secondary N) is 1. The molecule has 9 heteroatoms. The van der Waals surface area contributed by atoms with Crippen molar-refractivity contribution in [1.29, 1.82) is 0 Å². The maximum atomic E-state index is 13.1. The minimum Gasteiger partial charge on any atom is -0.493 e. The smallest absolute Gasteiger partial charge is 0.329 e. The van der Waals surface area contributed by atoms with Crippen molar-refractivity contribution in [3.05, 3.63) is 18.0 Å². The molecule has 1 amide bonds. The van der Waals surface area contributed by atoms with Crippen LogP contribution in [0, 0.1) is 17.8 Å². The quantitative estimate of drug-likeness (QED) is 0.474. The fourth-order valence-corrected chi connectivity index (χ4v) is 4.59. The highest BCUT2D eigenvalue weighted by atomic mass is 16.6. The molecular weight excluding hydrogens is 464 g/mol. The zero-order valence-electron chi connectivity index (χ0n) is 22.1. The molecule has 0 radical (unpaired) electrons. The molecule has 3 rings (SSSR count). The number of carbonyl (C=O) groups is 3. The van der Waals surface area contributed by atoms with E-state index < -0.39 is 30.0 Å². The maximum absolute atomic E-state index is 13.1. The fraction of sp³-hybridized carbons (Fsp3) is 0.704. The number of cyclic esters (lactones) is 1. The first-order valence-corrected chi connectivity index (χ1v) is 13.0. The minimum atomic E-state index is -0.856. The van der Waals surface area contributed by atoms with Crippen LogP contribution >= 0.6 is 0 Å². The van der Waals surface area contributed by atoms with Crippen molar-refractivity contribution in [1.82, 2.24) is 10.3 Å². The van der Waals surface area contributed by atoms with E-state index in [2.05, 4.69) is 24.1 Å². The molecule has 1 aromatic heterocycles. The third-order valence-electron chi connectivity index (χ3n) is 6.77. The lowest BCUT2D eigenvalue weighted by molar-refractivity contribution is -0.161. The predicted octanol–water partition coefficient (Wildman–Crippen LogP) is 4.08. The van der Waals surface area contributed by atoms with Crippen molar-refractivity contribution < 1.29 is 33.3 Å². The Labute approximate surface area is 213 Å². The topological polar surface area (TPSA) is 113 Å². The number of methoxy groups -OCH3 is 1. The summed E-state index contributed by atoms with van der Waals surface area (Å²) in [5.74, 6) is -0.186. The van der Waals surface area contributed by atoms with Gasteiger partial charge in [0.15, 0.2) is 11.4 Å². The van der Waals surface area contributed by atoms with Crippen LogP contribution in [-0.4, -0.2) is 54.8 Å². The van der Waals surface area contributed by atoms with Gasteiger partial charge in [0.2, 0.25) is 5.75 Å². The molecule has 1 aliphatic heterocycles. The van der Waals surface area contributed by atoms with Gasteiger partial charge in [0.1, 0.15) is 12.1 Å². The van der Waals surface area contributed by atoms with Gasteiger partial charge in [0, 0.05) is 25.8 Å². The van der Waals surface area contributed by atoms with E-state index in [4.69, 9.17) is 18.9 Å². The molecule has 0 bridgehead atoms. The van der Waals surface area contributed by atoms with Crippen LogP contribution < -0.4 is 14.8 Å². The molecule has 1 N–H and O–H groups in total. The van der Waals surface area contributed by atoms with Gasteiger partial charge in [-0.3, -0.25) is 9.59 Å². The second kappa shape index (κ2) is 13.0. The van der Waals surface area contributed by atoms with E-state index in [1.807, 2.05) is 6.92 Å². The second-order valence-corrected chi connectivity index (χ2v) is 10.4. The van der Waals surface area contributed by atoms with Crippen LogP contribution in [0.3, 0.4) is 0 Å². The van der Waals surface area contributed by atoms with Crippen LogP contribution in [0.15, 0.2) is 12.3 Å². The van der Waals surface area contributed by atoms with Crippen molar-refractivity contribution >= 4 is 17.8 Å². The Hall–Kier alpha value is -2.68. The van der Waals surface area contributed by atoms with E-state index in [1.165, 1.54) is 39.1 Å². The number of hydrogen-bond acceptors (Lipinski definition) is 8. The standard InChI is InChI=1S/C27H40N2O7/c1-16(2)9-12-20-7-6-8-21(27(32)35-17(3)24(20)34-15-19-10-11-19)29-26(31)23-25(36-18(4)30)22(33-5)13-14-28-23/h13-14,16-17,19-21,24H,6-12,15H2,1-5H3,(H,29,31)/t17-,20+,21-,24-/m0/s1. The number of ether oxygens (including phenoxy) is 4. The van der Waals surface area contributed by atoms with Gasteiger partial charge in [0.05, 0.1) is 13.2 Å². The number of pyridine rings is 1. The molecule has 1 aromatic rings. The largest absolute Gasteiger partial charge is 0.493 e. The van der Waals surface area contributed by atoms with Crippen LogP contribution in [0.1, 0.15) is 83.1 Å². The van der Waals surface area contributed by atoms with Gasteiger partial charge in [0.25, 0.3) is 5.91 Å². The average Bonchev–Trinajstić information content (AvgIpc) is 3.64. The summed E-state index contributed by atoms with van der Waals surface area (Å²) >= 11 is 0. The second-order valence-electron chi connectivity index (χ2n) is 10.4. The van der Waals surface area contributed by atoms with Crippen molar-refractivity contribution in [3.8, 4) is 11.5 Å². The SMILES string of the molecule is COc1ccnc(C(=O)N[C@H]2CCC[C@H](CCC(C)C)[C@@H](OCC3CC3)[C@H](C)OC2=O)c1OC(C)=O. The molecule has 0 unspecified atom stereocenters. The molecule has 200 valence electrons. The summed E-state index contributed by atoms with van der Waals surface area (Å²) in [6.45, 7) is 8.22. The normalized spacial score (nSPS) is 24.8. The van der Waals surface area contributed by atoms with Crippen LogP contribution in [0.5, 0.6) is 11.5 Å². The Kier molecular flexibility index (Phi) is 10.1. The number of esters is 2. The number of rotatable bonds is 10. The summed E-state index contributed by atoms with van der Waals surface area (Å²) in [6.07, 6.45) is 7.30. The first-order valence-electron chi connectivity index (χ1n) is 13.0. The van der Waals surface area contributed by atoms with E-state index >= 15 is 0 Å². The number of hydrogen-bond donors (Lipinski definition) is 1. The molecule has 4 atom stereocenters. The van der Waals surface area contributed by atoms with E-state index in [-0.39, 0.29) is 29.2 Å². The number of amides is 1. The molecule has 1 saturated heterocycles. The molecule has 1 saturated carbocycles. The first-order chi connectivity index (χ1) is 17.2. The summed E-state index contributed by atoms with van der Waals surface area (Å²) < 4.78 is 22.6. The number of carbonyl (C=O) groups excluding carboxylic acids is 3. The molecule has 2 fully saturated rings. The summed E-state index contributed by atoms with van der Waals surface area (Å²) in [7, 11) is 1.40. The van der Waals surface area contributed by atoms with Gasteiger partial charge >= 0.3 is 11.9 Å². The fourth-order valence-electron chi connectivity index (χ4n) is 4.59. The lowest BCUT2D eigenvalue weighted by atomic mass is 9.86. The van der Waals surface area contributed by atoms with Crippen molar-refractivity contribution in [3.63, 3.8) is 0 Å². The highest BCUT2D eigenvalue weighted by molar-refractivity contribution is 5.98. The van der Waals surface area contributed by atoms with Crippen LogP contribution in [-0.2, 0) is 19.1 Å². The lowest BCUT2D eigenvalue weighted by Gasteiger charge is -2.31. The van der Waals surface area contributed by atoms with Gasteiger partial charge in [-0.2, -0.15) is 0 Å². The third kappa shape index (κ3) is 7.91. The molecule has 0 spiro atoms. The zero-order valence-corrected chi connectivity index (χ0v) is 22.1. The van der Waals surface area contributed by atoms with Crippen LogP contribution in [0.2, 0.25) is 0 Å². The zero-order chi connectivity index (χ0) is 26.2. The lowest BCUT2D eigenvalue weighted by Crippen LogP contribution is -2.44.